The molecule has 1 amide bonds. The van der Waals surface area contributed by atoms with Crippen LogP contribution in [0.25, 0.3) is 0 Å². The zero-order valence-corrected chi connectivity index (χ0v) is 15.4. The SMILES string of the molecule is CCOc1cc(NC(C)c2ccc(NC(=O)C3CC3)cc2)ccc1[N+](=O)[O-]. The minimum Gasteiger partial charge on any atom is -0.487 e. The van der Waals surface area contributed by atoms with Crippen molar-refractivity contribution in [2.45, 2.75) is 32.7 Å². The van der Waals surface area contributed by atoms with E-state index >= 15 is 0 Å². The van der Waals surface area contributed by atoms with Gasteiger partial charge in [0.2, 0.25) is 5.91 Å². The first-order valence-corrected chi connectivity index (χ1v) is 9.06. The molecule has 1 fully saturated rings. The first-order chi connectivity index (χ1) is 13.0. The van der Waals surface area contributed by atoms with Crippen LogP contribution in [0, 0.1) is 16.0 Å². The molecule has 0 heterocycles. The normalized spacial score (nSPS) is 14.3. The number of anilines is 2. The molecule has 1 aliphatic rings. The molecule has 1 saturated carbocycles. The smallest absolute Gasteiger partial charge is 0.311 e. The Bertz CT molecular complexity index is 832. The van der Waals surface area contributed by atoms with Crippen molar-refractivity contribution in [1.29, 1.82) is 0 Å². The number of nitro groups is 1. The Morgan fingerprint density at radius 2 is 1.89 bits per heavy atom. The zero-order valence-electron chi connectivity index (χ0n) is 15.4. The van der Waals surface area contributed by atoms with Crippen LogP contribution in [-0.2, 0) is 4.79 Å². The minimum absolute atomic E-state index is 0.0193. The topological polar surface area (TPSA) is 93.5 Å². The number of carbonyl (C=O) groups excluding carboxylic acids is 1. The Morgan fingerprint density at radius 1 is 1.22 bits per heavy atom. The Labute approximate surface area is 157 Å². The number of ether oxygens (including phenoxy) is 1. The zero-order chi connectivity index (χ0) is 19.4. The van der Waals surface area contributed by atoms with Crippen LogP contribution in [0.2, 0.25) is 0 Å². The molecule has 0 saturated heterocycles. The van der Waals surface area contributed by atoms with Crippen LogP contribution in [0.15, 0.2) is 42.5 Å². The summed E-state index contributed by atoms with van der Waals surface area (Å²) in [4.78, 5) is 22.4. The van der Waals surface area contributed by atoms with Crippen molar-refractivity contribution < 1.29 is 14.5 Å². The van der Waals surface area contributed by atoms with Gasteiger partial charge in [-0.2, -0.15) is 0 Å². The second-order valence-electron chi connectivity index (χ2n) is 6.62. The number of rotatable bonds is 8. The van der Waals surface area contributed by atoms with Crippen LogP contribution in [0.1, 0.15) is 38.3 Å². The highest BCUT2D eigenvalue weighted by Crippen LogP contribution is 2.32. The molecular weight excluding hydrogens is 346 g/mol. The van der Waals surface area contributed by atoms with E-state index < -0.39 is 4.92 Å². The van der Waals surface area contributed by atoms with Crippen LogP contribution in [0.5, 0.6) is 5.75 Å². The molecule has 1 atom stereocenters. The number of nitrogens with one attached hydrogen (secondary N) is 2. The van der Waals surface area contributed by atoms with Gasteiger partial charge in [-0.15, -0.1) is 0 Å². The molecule has 7 heteroatoms. The van der Waals surface area contributed by atoms with Crippen molar-refractivity contribution in [3.63, 3.8) is 0 Å². The largest absolute Gasteiger partial charge is 0.487 e. The summed E-state index contributed by atoms with van der Waals surface area (Å²) in [7, 11) is 0. The van der Waals surface area contributed by atoms with Gasteiger partial charge in [0.05, 0.1) is 11.5 Å². The van der Waals surface area contributed by atoms with E-state index in [-0.39, 0.29) is 29.3 Å². The molecule has 2 aromatic carbocycles. The third-order valence-corrected chi connectivity index (χ3v) is 4.47. The van der Waals surface area contributed by atoms with E-state index in [4.69, 9.17) is 4.74 Å². The van der Waals surface area contributed by atoms with E-state index in [2.05, 4.69) is 10.6 Å². The maximum absolute atomic E-state index is 11.8. The monoisotopic (exact) mass is 369 g/mol. The fourth-order valence-electron chi connectivity index (χ4n) is 2.80. The maximum atomic E-state index is 11.8. The standard InChI is InChI=1S/C20H23N3O4/c1-3-27-19-12-17(10-11-18(19)23(25)26)21-13(2)14-6-8-16(9-7-14)22-20(24)15-4-5-15/h6-13,15,21H,3-5H2,1-2H3,(H,22,24). The number of benzene rings is 2. The predicted octanol–water partition coefficient (Wildman–Crippen LogP) is 4.52. The molecule has 2 aromatic rings. The van der Waals surface area contributed by atoms with Gasteiger partial charge in [0.15, 0.2) is 5.75 Å². The van der Waals surface area contributed by atoms with E-state index in [0.717, 1.165) is 29.8 Å². The molecule has 1 unspecified atom stereocenters. The average Bonchev–Trinajstić information content (AvgIpc) is 3.48. The molecule has 0 aromatic heterocycles. The van der Waals surface area contributed by atoms with Crippen LogP contribution < -0.4 is 15.4 Å². The second kappa shape index (κ2) is 8.07. The molecule has 142 valence electrons. The third-order valence-electron chi connectivity index (χ3n) is 4.47. The van der Waals surface area contributed by atoms with Gasteiger partial charge in [0.25, 0.3) is 0 Å². The van der Waals surface area contributed by atoms with Crippen molar-refractivity contribution >= 4 is 23.0 Å². The molecule has 0 aliphatic heterocycles. The fourth-order valence-corrected chi connectivity index (χ4v) is 2.80. The van der Waals surface area contributed by atoms with Gasteiger partial charge in [0.1, 0.15) is 0 Å². The van der Waals surface area contributed by atoms with E-state index in [0.29, 0.717) is 6.61 Å². The van der Waals surface area contributed by atoms with E-state index in [9.17, 15) is 14.9 Å². The fraction of sp³-hybridized carbons (Fsp3) is 0.350. The van der Waals surface area contributed by atoms with E-state index in [1.165, 1.54) is 6.07 Å². The Hall–Kier alpha value is -3.09. The lowest BCUT2D eigenvalue weighted by atomic mass is 10.1. The molecule has 3 rings (SSSR count). The molecule has 0 radical (unpaired) electrons. The highest BCUT2D eigenvalue weighted by atomic mass is 16.6. The van der Waals surface area contributed by atoms with Crippen LogP contribution in [-0.4, -0.2) is 17.4 Å². The third kappa shape index (κ3) is 4.75. The van der Waals surface area contributed by atoms with Crippen LogP contribution in [0.3, 0.4) is 0 Å². The number of carbonyl (C=O) groups is 1. The summed E-state index contributed by atoms with van der Waals surface area (Å²) in [5, 5.41) is 17.3. The lowest BCUT2D eigenvalue weighted by Crippen LogP contribution is -2.13. The number of nitro benzene ring substituents is 1. The lowest BCUT2D eigenvalue weighted by Gasteiger charge is -2.17. The Kier molecular flexibility index (Phi) is 5.59. The summed E-state index contributed by atoms with van der Waals surface area (Å²) in [5.74, 6) is 0.507. The summed E-state index contributed by atoms with van der Waals surface area (Å²) in [6, 6.07) is 12.4. The highest BCUT2D eigenvalue weighted by Gasteiger charge is 2.29. The van der Waals surface area contributed by atoms with E-state index in [1.54, 1.807) is 19.1 Å². The van der Waals surface area contributed by atoms with Crippen molar-refractivity contribution in [1.82, 2.24) is 0 Å². The molecule has 7 nitrogen and oxygen atoms in total. The molecule has 1 aliphatic carbocycles. The summed E-state index contributed by atoms with van der Waals surface area (Å²) >= 11 is 0. The summed E-state index contributed by atoms with van der Waals surface area (Å²) in [6.07, 6.45) is 1.95. The van der Waals surface area contributed by atoms with Gasteiger partial charge in [0, 0.05) is 35.5 Å². The van der Waals surface area contributed by atoms with Crippen molar-refractivity contribution in [2.24, 2.45) is 5.92 Å². The Morgan fingerprint density at radius 3 is 2.48 bits per heavy atom. The minimum atomic E-state index is -0.452. The average molecular weight is 369 g/mol. The first-order valence-electron chi connectivity index (χ1n) is 9.06. The van der Waals surface area contributed by atoms with Crippen molar-refractivity contribution in [3.8, 4) is 5.75 Å². The summed E-state index contributed by atoms with van der Waals surface area (Å²) < 4.78 is 5.38. The molecular formula is C20H23N3O4. The van der Waals surface area contributed by atoms with Crippen molar-refractivity contribution in [2.75, 3.05) is 17.2 Å². The second-order valence-corrected chi connectivity index (χ2v) is 6.62. The first kappa shape index (κ1) is 18.7. The predicted molar refractivity (Wildman–Crippen MR) is 104 cm³/mol. The van der Waals surface area contributed by atoms with Gasteiger partial charge in [-0.25, -0.2) is 0 Å². The maximum Gasteiger partial charge on any atom is 0.311 e. The van der Waals surface area contributed by atoms with Gasteiger partial charge in [-0.1, -0.05) is 12.1 Å². The van der Waals surface area contributed by atoms with E-state index in [1.807, 2.05) is 31.2 Å². The lowest BCUT2D eigenvalue weighted by molar-refractivity contribution is -0.385. The van der Waals surface area contributed by atoms with Gasteiger partial charge in [-0.3, -0.25) is 14.9 Å². The quantitative estimate of drug-likeness (QED) is 0.527. The molecule has 0 bridgehead atoms. The Balaban J connectivity index is 1.67. The number of hydrogen-bond acceptors (Lipinski definition) is 5. The number of nitrogens with zero attached hydrogens (tertiary/aromatic N) is 1. The van der Waals surface area contributed by atoms with Crippen LogP contribution >= 0.6 is 0 Å². The molecule has 2 N–H and O–H groups in total. The molecule has 27 heavy (non-hydrogen) atoms. The summed E-state index contributed by atoms with van der Waals surface area (Å²) in [5.41, 5.74) is 2.51. The van der Waals surface area contributed by atoms with Crippen LogP contribution in [0.4, 0.5) is 17.1 Å². The number of hydrogen-bond donors (Lipinski definition) is 2. The van der Waals surface area contributed by atoms with Gasteiger partial charge in [-0.05, 0) is 50.5 Å². The number of amides is 1. The highest BCUT2D eigenvalue weighted by molar-refractivity contribution is 5.94. The van der Waals surface area contributed by atoms with Gasteiger partial charge >= 0.3 is 5.69 Å². The summed E-state index contributed by atoms with van der Waals surface area (Å²) in [6.45, 7) is 4.14. The molecule has 0 spiro atoms. The van der Waals surface area contributed by atoms with Crippen molar-refractivity contribution in [3.05, 3.63) is 58.1 Å². The van der Waals surface area contributed by atoms with Gasteiger partial charge < -0.3 is 15.4 Å².